The molecule has 1 saturated carbocycles. The van der Waals surface area contributed by atoms with Gasteiger partial charge in [-0.15, -0.1) is 11.3 Å². The Morgan fingerprint density at radius 2 is 2.07 bits per heavy atom. The highest BCUT2D eigenvalue weighted by Crippen LogP contribution is 2.36. The molecule has 0 saturated heterocycles. The van der Waals surface area contributed by atoms with Crippen LogP contribution in [0.4, 0.5) is 0 Å². The molecule has 2 heterocycles. The van der Waals surface area contributed by atoms with Crippen LogP contribution >= 0.6 is 23.1 Å². The van der Waals surface area contributed by atoms with Gasteiger partial charge in [0.15, 0.2) is 5.16 Å². The maximum absolute atomic E-state index is 12.7. The van der Waals surface area contributed by atoms with E-state index >= 15 is 0 Å². The molecule has 0 aliphatic heterocycles. The lowest BCUT2D eigenvalue weighted by Crippen LogP contribution is -2.40. The second-order valence-corrected chi connectivity index (χ2v) is 10.4. The van der Waals surface area contributed by atoms with E-state index in [2.05, 4.69) is 22.2 Å². The van der Waals surface area contributed by atoms with Crippen molar-refractivity contribution in [2.24, 2.45) is 5.92 Å². The third-order valence-electron chi connectivity index (χ3n) is 5.75. The van der Waals surface area contributed by atoms with Gasteiger partial charge >= 0.3 is 0 Å². The topological polar surface area (TPSA) is 74.8 Å². The van der Waals surface area contributed by atoms with Gasteiger partial charge in [0, 0.05) is 10.9 Å². The maximum Gasteiger partial charge on any atom is 0.260 e. The van der Waals surface area contributed by atoms with Gasteiger partial charge in [0.05, 0.1) is 10.6 Å². The molecular formula is C20H27N3O2S2. The molecule has 5 nitrogen and oxygen atoms in total. The van der Waals surface area contributed by atoms with Crippen LogP contribution < -0.4 is 10.9 Å². The van der Waals surface area contributed by atoms with Crippen molar-refractivity contribution in [1.29, 1.82) is 0 Å². The van der Waals surface area contributed by atoms with Gasteiger partial charge in [-0.3, -0.25) is 9.59 Å². The standard InChI is InChI=1S/C20H27N3O2S2/c1-11-8-9-14-15(10-11)27-19-16(14)18(25)22-20(23-19)26-12(2)17(24)21-13-6-4-3-5-7-13/h11-13H,3-10H2,1-2H3,(H,21,24)(H,22,23,25)/t11-,12+/m1/s1. The van der Waals surface area contributed by atoms with Crippen LogP contribution in [0.25, 0.3) is 10.2 Å². The summed E-state index contributed by atoms with van der Waals surface area (Å²) in [6.07, 6.45) is 8.94. The van der Waals surface area contributed by atoms with E-state index in [1.54, 1.807) is 11.3 Å². The van der Waals surface area contributed by atoms with Crippen molar-refractivity contribution in [3.63, 3.8) is 0 Å². The monoisotopic (exact) mass is 405 g/mol. The predicted molar refractivity (Wildman–Crippen MR) is 112 cm³/mol. The third kappa shape index (κ3) is 4.09. The molecule has 2 N–H and O–H groups in total. The second kappa shape index (κ2) is 7.95. The minimum Gasteiger partial charge on any atom is -0.352 e. The van der Waals surface area contributed by atoms with Crippen molar-refractivity contribution < 1.29 is 4.79 Å². The highest BCUT2D eigenvalue weighted by molar-refractivity contribution is 8.00. The van der Waals surface area contributed by atoms with Gasteiger partial charge in [-0.1, -0.05) is 37.9 Å². The Bertz CT molecular complexity index is 898. The van der Waals surface area contributed by atoms with Gasteiger partial charge in [0.25, 0.3) is 5.56 Å². The number of nitrogens with zero attached hydrogens (tertiary/aromatic N) is 1. The Kier molecular flexibility index (Phi) is 5.60. The summed E-state index contributed by atoms with van der Waals surface area (Å²) in [5, 5.41) is 4.20. The highest BCUT2D eigenvalue weighted by atomic mass is 32.2. The molecule has 0 radical (unpaired) electrons. The van der Waals surface area contributed by atoms with Crippen molar-refractivity contribution in [2.45, 2.75) is 81.7 Å². The third-order valence-corrected chi connectivity index (χ3v) is 7.89. The summed E-state index contributed by atoms with van der Waals surface area (Å²) >= 11 is 2.99. The lowest BCUT2D eigenvalue weighted by Gasteiger charge is -2.24. The number of fused-ring (bicyclic) bond motifs is 3. The van der Waals surface area contributed by atoms with Crippen LogP contribution in [0.3, 0.4) is 0 Å². The zero-order chi connectivity index (χ0) is 19.0. The van der Waals surface area contributed by atoms with Gasteiger partial charge in [0.2, 0.25) is 5.91 Å². The Morgan fingerprint density at radius 1 is 1.30 bits per heavy atom. The molecule has 2 aromatic rings. The number of carbonyl (C=O) groups is 1. The first-order valence-corrected chi connectivity index (χ1v) is 11.7. The molecular weight excluding hydrogens is 378 g/mol. The van der Waals surface area contributed by atoms with Crippen LogP contribution in [0.2, 0.25) is 0 Å². The van der Waals surface area contributed by atoms with E-state index in [0.29, 0.717) is 17.1 Å². The molecule has 4 rings (SSSR count). The fourth-order valence-electron chi connectivity index (χ4n) is 4.17. The summed E-state index contributed by atoms with van der Waals surface area (Å²) in [6.45, 7) is 4.15. The molecule has 0 bridgehead atoms. The lowest BCUT2D eigenvalue weighted by molar-refractivity contribution is -0.121. The zero-order valence-corrected chi connectivity index (χ0v) is 17.6. The summed E-state index contributed by atoms with van der Waals surface area (Å²) in [7, 11) is 0. The van der Waals surface area contributed by atoms with Gasteiger partial charge in [-0.2, -0.15) is 0 Å². The van der Waals surface area contributed by atoms with E-state index in [1.807, 2.05) is 6.92 Å². The van der Waals surface area contributed by atoms with Gasteiger partial charge < -0.3 is 10.3 Å². The van der Waals surface area contributed by atoms with Gasteiger partial charge in [-0.25, -0.2) is 4.98 Å². The molecule has 27 heavy (non-hydrogen) atoms. The number of hydrogen-bond donors (Lipinski definition) is 2. The molecule has 2 aromatic heterocycles. The van der Waals surface area contributed by atoms with Gasteiger partial charge in [-0.05, 0) is 50.5 Å². The summed E-state index contributed by atoms with van der Waals surface area (Å²) in [5.41, 5.74) is 1.14. The Balaban J connectivity index is 1.50. The van der Waals surface area contributed by atoms with Gasteiger partial charge in [0.1, 0.15) is 4.83 Å². The molecule has 1 fully saturated rings. The number of H-pyrrole nitrogens is 1. The van der Waals surface area contributed by atoms with Crippen LogP contribution in [0.15, 0.2) is 9.95 Å². The quantitative estimate of drug-likeness (QED) is 0.595. The summed E-state index contributed by atoms with van der Waals surface area (Å²) < 4.78 is 0. The Hall–Kier alpha value is -1.34. The molecule has 146 valence electrons. The highest BCUT2D eigenvalue weighted by Gasteiger charge is 2.25. The van der Waals surface area contributed by atoms with Crippen LogP contribution in [-0.2, 0) is 17.6 Å². The van der Waals surface area contributed by atoms with Crippen molar-refractivity contribution in [2.75, 3.05) is 0 Å². The van der Waals surface area contributed by atoms with Crippen LogP contribution in [0.1, 0.15) is 62.8 Å². The number of carbonyl (C=O) groups excluding carboxylic acids is 1. The molecule has 7 heteroatoms. The van der Waals surface area contributed by atoms with E-state index < -0.39 is 0 Å². The van der Waals surface area contributed by atoms with E-state index in [-0.39, 0.29) is 16.7 Å². The van der Waals surface area contributed by atoms with Crippen molar-refractivity contribution in [3.8, 4) is 0 Å². The zero-order valence-electron chi connectivity index (χ0n) is 16.0. The molecule has 2 aliphatic rings. The first kappa shape index (κ1) is 19.0. The van der Waals surface area contributed by atoms with Crippen LogP contribution in [-0.4, -0.2) is 27.2 Å². The summed E-state index contributed by atoms with van der Waals surface area (Å²) in [5.74, 6) is 0.705. The average Bonchev–Trinajstić information content (AvgIpc) is 3.00. The number of aromatic nitrogens is 2. The van der Waals surface area contributed by atoms with Crippen LogP contribution in [0, 0.1) is 5.92 Å². The van der Waals surface area contributed by atoms with Crippen molar-refractivity contribution >= 4 is 39.2 Å². The number of hydrogen-bond acceptors (Lipinski definition) is 5. The fraction of sp³-hybridized carbons (Fsp3) is 0.650. The number of aryl methyl sites for hydroxylation is 1. The Labute approximate surface area is 167 Å². The number of nitrogens with one attached hydrogen (secondary N) is 2. The molecule has 2 atom stereocenters. The van der Waals surface area contributed by atoms with E-state index in [9.17, 15) is 9.59 Å². The lowest BCUT2D eigenvalue weighted by atomic mass is 9.89. The number of aromatic amines is 1. The number of thiophene rings is 1. The minimum atomic E-state index is -0.276. The molecule has 0 spiro atoms. The SMILES string of the molecule is C[C@@H]1CCc2c(sc3nc(S[C@@H](C)C(=O)NC4CCCCC4)[nH]c(=O)c23)C1. The summed E-state index contributed by atoms with van der Waals surface area (Å²) in [4.78, 5) is 34.9. The minimum absolute atomic E-state index is 0.0361. The number of amides is 1. The second-order valence-electron chi connectivity index (χ2n) is 8.01. The molecule has 2 aliphatic carbocycles. The molecule has 0 aromatic carbocycles. The number of thioether (sulfide) groups is 1. The first-order chi connectivity index (χ1) is 13.0. The van der Waals surface area contributed by atoms with E-state index in [1.165, 1.54) is 41.5 Å². The van der Waals surface area contributed by atoms with Crippen molar-refractivity contribution in [3.05, 3.63) is 20.8 Å². The number of rotatable bonds is 4. The normalized spacial score (nSPS) is 21.8. The average molecular weight is 406 g/mol. The molecule has 1 amide bonds. The van der Waals surface area contributed by atoms with Crippen molar-refractivity contribution in [1.82, 2.24) is 15.3 Å². The van der Waals surface area contributed by atoms with E-state index in [4.69, 9.17) is 0 Å². The Morgan fingerprint density at radius 3 is 2.85 bits per heavy atom. The van der Waals surface area contributed by atoms with Crippen LogP contribution in [0.5, 0.6) is 0 Å². The first-order valence-electron chi connectivity index (χ1n) is 10.0. The summed E-state index contributed by atoms with van der Waals surface area (Å²) in [6, 6.07) is 0.301. The largest absolute Gasteiger partial charge is 0.352 e. The maximum atomic E-state index is 12.7. The van der Waals surface area contributed by atoms with E-state index in [0.717, 1.165) is 42.3 Å². The predicted octanol–water partition coefficient (Wildman–Crippen LogP) is 4.04. The fourth-order valence-corrected chi connectivity index (χ4v) is 6.42. The molecule has 0 unspecified atom stereocenters. The smallest absolute Gasteiger partial charge is 0.260 e.